The monoisotopic (exact) mass is 322 g/mol. The van der Waals surface area contributed by atoms with Crippen LogP contribution in [-0.4, -0.2) is 26.6 Å². The van der Waals surface area contributed by atoms with E-state index in [9.17, 15) is 14.7 Å². The van der Waals surface area contributed by atoms with E-state index in [-0.39, 0.29) is 5.56 Å². The molecule has 2 aromatic heterocycles. The minimum Gasteiger partial charge on any atom is -0.493 e. The van der Waals surface area contributed by atoms with E-state index < -0.39 is 17.3 Å². The lowest BCUT2D eigenvalue weighted by Gasteiger charge is -2.04. The fourth-order valence-electron chi connectivity index (χ4n) is 2.16. The maximum atomic E-state index is 12.4. The van der Waals surface area contributed by atoms with Gasteiger partial charge >= 0.3 is 0 Å². The van der Waals surface area contributed by atoms with Crippen LogP contribution >= 0.6 is 0 Å². The van der Waals surface area contributed by atoms with Crippen LogP contribution in [-0.2, 0) is 0 Å². The molecule has 3 rings (SSSR count). The topological polar surface area (TPSA) is 96.1 Å². The second-order valence-corrected chi connectivity index (χ2v) is 5.15. The second-order valence-electron chi connectivity index (χ2n) is 5.15. The van der Waals surface area contributed by atoms with Gasteiger partial charge in [-0.05, 0) is 36.8 Å². The Morgan fingerprint density at radius 1 is 1.29 bits per heavy atom. The Labute approximate surface area is 136 Å². The molecule has 1 amide bonds. The minimum atomic E-state index is -0.477. The fraction of sp³-hybridized carbons (Fsp3) is 0.0588. The van der Waals surface area contributed by atoms with Gasteiger partial charge in [-0.2, -0.15) is 10.1 Å². The molecule has 0 atom stereocenters. The van der Waals surface area contributed by atoms with Crippen LogP contribution in [0.2, 0.25) is 0 Å². The molecule has 0 saturated heterocycles. The SMILES string of the molecule is Cc1ccn2c(=O)c(C=NNC(=O)c3ccccc3)c(O)nc2c1. The highest BCUT2D eigenvalue weighted by Gasteiger charge is 2.10. The summed E-state index contributed by atoms with van der Waals surface area (Å²) in [6.45, 7) is 1.86. The van der Waals surface area contributed by atoms with Crippen LogP contribution in [0.5, 0.6) is 5.88 Å². The van der Waals surface area contributed by atoms with Gasteiger partial charge in [0, 0.05) is 11.8 Å². The summed E-state index contributed by atoms with van der Waals surface area (Å²) in [4.78, 5) is 28.2. The lowest BCUT2D eigenvalue weighted by molar-refractivity contribution is 0.0955. The molecule has 0 radical (unpaired) electrons. The van der Waals surface area contributed by atoms with Crippen LogP contribution in [0.25, 0.3) is 5.65 Å². The number of carbonyl (C=O) groups is 1. The first-order valence-corrected chi connectivity index (χ1v) is 7.17. The van der Waals surface area contributed by atoms with E-state index in [0.29, 0.717) is 11.2 Å². The zero-order valence-electron chi connectivity index (χ0n) is 12.8. The number of carbonyl (C=O) groups excluding carboxylic acids is 1. The van der Waals surface area contributed by atoms with Crippen molar-refractivity contribution in [2.45, 2.75) is 6.92 Å². The molecule has 0 aliphatic rings. The lowest BCUT2D eigenvalue weighted by Crippen LogP contribution is -2.22. The van der Waals surface area contributed by atoms with Crippen LogP contribution in [0.4, 0.5) is 0 Å². The van der Waals surface area contributed by atoms with E-state index in [4.69, 9.17) is 0 Å². The third-order valence-corrected chi connectivity index (χ3v) is 3.40. The van der Waals surface area contributed by atoms with Gasteiger partial charge in [-0.1, -0.05) is 18.2 Å². The molecular formula is C17H14N4O3. The lowest BCUT2D eigenvalue weighted by atomic mass is 10.2. The van der Waals surface area contributed by atoms with Crippen molar-refractivity contribution >= 4 is 17.8 Å². The van der Waals surface area contributed by atoms with Crippen LogP contribution in [0.1, 0.15) is 21.5 Å². The minimum absolute atomic E-state index is 0.107. The largest absolute Gasteiger partial charge is 0.493 e. The Hall–Kier alpha value is -3.48. The quantitative estimate of drug-likeness (QED) is 0.564. The van der Waals surface area contributed by atoms with E-state index in [1.165, 1.54) is 4.40 Å². The first-order chi connectivity index (χ1) is 11.6. The molecule has 0 fully saturated rings. The van der Waals surface area contributed by atoms with Crippen molar-refractivity contribution in [2.24, 2.45) is 5.10 Å². The summed E-state index contributed by atoms with van der Waals surface area (Å²) < 4.78 is 1.30. The van der Waals surface area contributed by atoms with Gasteiger partial charge in [0.05, 0.1) is 6.21 Å². The molecule has 0 aliphatic carbocycles. The zero-order valence-corrected chi connectivity index (χ0v) is 12.8. The number of aromatic hydroxyl groups is 1. The maximum absolute atomic E-state index is 12.4. The number of nitrogens with one attached hydrogen (secondary N) is 1. The predicted molar refractivity (Wildman–Crippen MR) is 89.4 cm³/mol. The molecule has 0 bridgehead atoms. The molecule has 0 saturated carbocycles. The average Bonchev–Trinajstić information content (AvgIpc) is 2.58. The van der Waals surface area contributed by atoms with Gasteiger partial charge in [-0.3, -0.25) is 14.0 Å². The van der Waals surface area contributed by atoms with Crippen molar-refractivity contribution < 1.29 is 9.90 Å². The zero-order chi connectivity index (χ0) is 17.1. The normalized spacial score (nSPS) is 11.0. The van der Waals surface area contributed by atoms with Crippen LogP contribution < -0.4 is 11.0 Å². The number of nitrogens with zero attached hydrogens (tertiary/aromatic N) is 3. The Balaban J connectivity index is 1.89. The highest BCUT2D eigenvalue weighted by molar-refractivity contribution is 5.94. The Morgan fingerprint density at radius 3 is 2.79 bits per heavy atom. The van der Waals surface area contributed by atoms with Crippen molar-refractivity contribution in [1.82, 2.24) is 14.8 Å². The number of aromatic nitrogens is 2. The molecular weight excluding hydrogens is 308 g/mol. The number of hydrogen-bond donors (Lipinski definition) is 2. The molecule has 2 N–H and O–H groups in total. The third-order valence-electron chi connectivity index (χ3n) is 3.40. The van der Waals surface area contributed by atoms with Crippen LogP contribution in [0.15, 0.2) is 58.6 Å². The van der Waals surface area contributed by atoms with E-state index in [1.54, 1.807) is 48.7 Å². The summed E-state index contributed by atoms with van der Waals surface area (Å²) in [7, 11) is 0. The van der Waals surface area contributed by atoms with Gasteiger partial charge in [0.2, 0.25) is 5.88 Å². The number of hydrazone groups is 1. The van der Waals surface area contributed by atoms with Gasteiger partial charge in [0.15, 0.2) is 0 Å². The molecule has 1 aromatic carbocycles. The van der Waals surface area contributed by atoms with Gasteiger partial charge < -0.3 is 5.11 Å². The molecule has 24 heavy (non-hydrogen) atoms. The Kier molecular flexibility index (Phi) is 4.07. The summed E-state index contributed by atoms with van der Waals surface area (Å²) in [5.74, 6) is -0.862. The van der Waals surface area contributed by atoms with Crippen molar-refractivity contribution in [2.75, 3.05) is 0 Å². The van der Waals surface area contributed by atoms with Crippen molar-refractivity contribution in [3.63, 3.8) is 0 Å². The van der Waals surface area contributed by atoms with Crippen LogP contribution in [0, 0.1) is 6.92 Å². The predicted octanol–water partition coefficient (Wildman–Crippen LogP) is 1.47. The number of pyridine rings is 1. The van der Waals surface area contributed by atoms with Crippen molar-refractivity contribution in [1.29, 1.82) is 0 Å². The van der Waals surface area contributed by atoms with Crippen LogP contribution in [0.3, 0.4) is 0 Å². The molecule has 7 nitrogen and oxygen atoms in total. The number of fused-ring (bicyclic) bond motifs is 1. The van der Waals surface area contributed by atoms with E-state index in [2.05, 4.69) is 15.5 Å². The smallest absolute Gasteiger partial charge is 0.271 e. The van der Waals surface area contributed by atoms with Gasteiger partial charge in [0.25, 0.3) is 11.5 Å². The highest BCUT2D eigenvalue weighted by Crippen LogP contribution is 2.10. The van der Waals surface area contributed by atoms with E-state index in [0.717, 1.165) is 11.8 Å². The third kappa shape index (κ3) is 3.00. The number of amides is 1. The molecule has 0 aliphatic heterocycles. The second kappa shape index (κ2) is 6.33. The number of benzene rings is 1. The van der Waals surface area contributed by atoms with Gasteiger partial charge in [-0.25, -0.2) is 5.43 Å². The summed E-state index contributed by atoms with van der Waals surface area (Å²) >= 11 is 0. The molecule has 2 heterocycles. The Morgan fingerprint density at radius 2 is 2.04 bits per heavy atom. The standard InChI is InChI=1S/C17H14N4O3/c1-11-7-8-21-14(9-11)19-16(23)13(17(21)24)10-18-20-15(22)12-5-3-2-4-6-12/h2-10,23H,1H3,(H,20,22). The fourth-order valence-corrected chi connectivity index (χ4v) is 2.16. The number of hydrogen-bond acceptors (Lipinski definition) is 5. The maximum Gasteiger partial charge on any atom is 0.271 e. The number of aryl methyl sites for hydroxylation is 1. The summed E-state index contributed by atoms with van der Waals surface area (Å²) in [6.07, 6.45) is 2.65. The molecule has 0 unspecified atom stereocenters. The van der Waals surface area contributed by atoms with Gasteiger partial charge in [0.1, 0.15) is 11.2 Å². The van der Waals surface area contributed by atoms with Gasteiger partial charge in [-0.15, -0.1) is 0 Å². The first kappa shape index (κ1) is 15.4. The number of rotatable bonds is 3. The summed E-state index contributed by atoms with van der Waals surface area (Å²) in [6, 6.07) is 12.0. The average molecular weight is 322 g/mol. The first-order valence-electron chi connectivity index (χ1n) is 7.17. The van der Waals surface area contributed by atoms with Crippen molar-refractivity contribution in [3.8, 4) is 5.88 Å². The Bertz CT molecular complexity index is 994. The molecule has 7 heteroatoms. The molecule has 120 valence electrons. The summed E-state index contributed by atoms with van der Waals surface area (Å²) in [5.41, 5.74) is 3.40. The van der Waals surface area contributed by atoms with E-state index in [1.807, 2.05) is 6.92 Å². The van der Waals surface area contributed by atoms with Crippen molar-refractivity contribution in [3.05, 3.63) is 75.7 Å². The van der Waals surface area contributed by atoms with E-state index >= 15 is 0 Å². The molecule has 0 spiro atoms. The molecule has 3 aromatic rings. The highest BCUT2D eigenvalue weighted by atomic mass is 16.3. The summed E-state index contributed by atoms with van der Waals surface area (Å²) in [5, 5.41) is 13.7.